The van der Waals surface area contributed by atoms with E-state index < -0.39 is 21.5 Å². The Balaban J connectivity index is 1.70. The van der Waals surface area contributed by atoms with Crippen molar-refractivity contribution in [1.82, 2.24) is 9.97 Å². The highest BCUT2D eigenvalue weighted by Crippen LogP contribution is 2.49. The van der Waals surface area contributed by atoms with Crippen LogP contribution in [0.25, 0.3) is 0 Å². The highest BCUT2D eigenvalue weighted by Gasteiger charge is 2.55. The van der Waals surface area contributed by atoms with E-state index in [1.807, 2.05) is 0 Å². The zero-order valence-electron chi connectivity index (χ0n) is 15.8. The molecular weight excluding hydrogens is 406 g/mol. The molecule has 3 aromatic rings. The van der Waals surface area contributed by atoms with E-state index in [0.29, 0.717) is 36.6 Å². The van der Waals surface area contributed by atoms with Gasteiger partial charge in [-0.05, 0) is 48.9 Å². The highest BCUT2D eigenvalue weighted by molar-refractivity contribution is 7.91. The number of fused-ring (bicyclic) bond motifs is 2. The second-order valence-corrected chi connectivity index (χ2v) is 8.76. The second-order valence-electron chi connectivity index (χ2n) is 6.86. The molecule has 0 aliphatic carbocycles. The summed E-state index contributed by atoms with van der Waals surface area (Å²) in [5, 5.41) is -0.0696. The van der Waals surface area contributed by atoms with Crippen molar-refractivity contribution in [3.8, 4) is 0 Å². The summed E-state index contributed by atoms with van der Waals surface area (Å²) >= 11 is 0. The topological polar surface area (TPSA) is 98.7 Å². The van der Waals surface area contributed by atoms with Crippen molar-refractivity contribution >= 4 is 27.1 Å². The molecule has 4 heterocycles. The summed E-state index contributed by atoms with van der Waals surface area (Å²) in [5.74, 6) is -2.09. The zero-order valence-corrected chi connectivity index (χ0v) is 16.6. The monoisotopic (exact) mass is 423 g/mol. The summed E-state index contributed by atoms with van der Waals surface area (Å²) in [6, 6.07) is 12.6. The first kappa shape index (κ1) is 18.9. The minimum Gasteiger partial charge on any atom is -0.338 e. The number of rotatable bonds is 3. The van der Waals surface area contributed by atoms with E-state index in [2.05, 4.69) is 9.97 Å². The Morgan fingerprint density at radius 2 is 1.73 bits per heavy atom. The quantitative estimate of drug-likeness (QED) is 0.638. The van der Waals surface area contributed by atoms with Crippen LogP contribution in [-0.2, 0) is 29.9 Å². The number of pyridine rings is 2. The molecule has 5 rings (SSSR count). The number of nitrogens with zero attached hydrogens (tertiary/aromatic N) is 3. The second kappa shape index (κ2) is 6.98. The standard InChI is InChI=1S/C21H17N3O5S/c25-20-21(28-12-3-13-29-21)17-14-16(30(26,27)19-4-1-2-9-23-19)5-6-18(17)24(20)15-7-10-22-11-8-15/h1-2,4-11,14H,3,12-13H2. The van der Waals surface area contributed by atoms with Gasteiger partial charge in [-0.1, -0.05) is 6.07 Å². The Hall–Kier alpha value is -3.14. The number of aromatic nitrogens is 2. The molecule has 1 fully saturated rings. The van der Waals surface area contributed by atoms with Gasteiger partial charge in [0.05, 0.1) is 29.5 Å². The maximum atomic E-state index is 13.5. The third-order valence-electron chi connectivity index (χ3n) is 5.09. The van der Waals surface area contributed by atoms with Crippen molar-refractivity contribution in [1.29, 1.82) is 0 Å². The lowest BCUT2D eigenvalue weighted by molar-refractivity contribution is -0.256. The lowest BCUT2D eigenvalue weighted by atomic mass is 10.1. The van der Waals surface area contributed by atoms with Crippen molar-refractivity contribution in [3.63, 3.8) is 0 Å². The molecule has 0 unspecified atom stereocenters. The molecule has 152 valence electrons. The van der Waals surface area contributed by atoms with Crippen molar-refractivity contribution in [2.75, 3.05) is 18.1 Å². The van der Waals surface area contributed by atoms with E-state index in [-0.39, 0.29) is 9.92 Å². The number of carbonyl (C=O) groups is 1. The van der Waals surface area contributed by atoms with E-state index in [0.717, 1.165) is 0 Å². The molecule has 0 N–H and O–H groups in total. The minimum atomic E-state index is -3.88. The molecule has 1 spiro atoms. The minimum absolute atomic E-state index is 0.0153. The van der Waals surface area contributed by atoms with E-state index >= 15 is 0 Å². The van der Waals surface area contributed by atoms with Gasteiger partial charge >= 0.3 is 0 Å². The van der Waals surface area contributed by atoms with Crippen LogP contribution in [0.5, 0.6) is 0 Å². The predicted molar refractivity (Wildman–Crippen MR) is 106 cm³/mol. The molecule has 0 saturated carbocycles. The summed E-state index contributed by atoms with van der Waals surface area (Å²) in [6.07, 6.45) is 5.22. The molecule has 30 heavy (non-hydrogen) atoms. The Morgan fingerprint density at radius 1 is 0.967 bits per heavy atom. The third kappa shape index (κ3) is 2.74. The number of benzene rings is 1. The molecule has 0 radical (unpaired) electrons. The lowest BCUT2D eigenvalue weighted by Crippen LogP contribution is -2.46. The van der Waals surface area contributed by atoms with Crippen LogP contribution in [0.2, 0.25) is 0 Å². The summed E-state index contributed by atoms with van der Waals surface area (Å²) in [6.45, 7) is 0.652. The smallest absolute Gasteiger partial charge is 0.297 e. The Bertz CT molecular complexity index is 1210. The van der Waals surface area contributed by atoms with Crippen LogP contribution in [0.15, 0.2) is 77.0 Å². The van der Waals surface area contributed by atoms with Crippen LogP contribution < -0.4 is 4.90 Å². The van der Waals surface area contributed by atoms with E-state index in [9.17, 15) is 13.2 Å². The molecule has 1 amide bonds. The molecular formula is C21H17N3O5S. The first-order valence-corrected chi connectivity index (χ1v) is 10.9. The van der Waals surface area contributed by atoms with Gasteiger partial charge < -0.3 is 9.47 Å². The summed E-state index contributed by atoms with van der Waals surface area (Å²) in [4.78, 5) is 22.9. The first-order chi connectivity index (χ1) is 14.5. The average molecular weight is 423 g/mol. The molecule has 0 bridgehead atoms. The normalized spacial score (nSPS) is 17.9. The molecule has 0 atom stereocenters. The fourth-order valence-electron chi connectivity index (χ4n) is 3.70. The van der Waals surface area contributed by atoms with Crippen molar-refractivity contribution in [2.45, 2.75) is 22.1 Å². The molecule has 1 saturated heterocycles. The van der Waals surface area contributed by atoms with Gasteiger partial charge in [0.25, 0.3) is 11.7 Å². The number of sulfone groups is 1. The average Bonchev–Trinajstić information content (AvgIpc) is 3.03. The summed E-state index contributed by atoms with van der Waals surface area (Å²) in [7, 11) is -3.88. The molecule has 9 heteroatoms. The van der Waals surface area contributed by atoms with Crippen molar-refractivity contribution < 1.29 is 22.7 Å². The maximum absolute atomic E-state index is 13.5. The first-order valence-electron chi connectivity index (χ1n) is 9.37. The number of amides is 1. The van der Waals surface area contributed by atoms with Gasteiger partial charge in [-0.25, -0.2) is 13.4 Å². The fraction of sp³-hybridized carbons (Fsp3) is 0.190. The number of ether oxygens (including phenoxy) is 2. The van der Waals surface area contributed by atoms with Crippen LogP contribution in [0.4, 0.5) is 11.4 Å². The largest absolute Gasteiger partial charge is 0.338 e. The Morgan fingerprint density at radius 3 is 2.43 bits per heavy atom. The van der Waals surface area contributed by atoms with E-state index in [1.165, 1.54) is 29.3 Å². The maximum Gasteiger partial charge on any atom is 0.297 e. The van der Waals surface area contributed by atoms with Crippen LogP contribution in [0, 0.1) is 0 Å². The van der Waals surface area contributed by atoms with Gasteiger partial charge in [0.15, 0.2) is 5.03 Å². The molecule has 8 nitrogen and oxygen atoms in total. The van der Waals surface area contributed by atoms with Crippen LogP contribution in [-0.4, -0.2) is 37.5 Å². The predicted octanol–water partition coefficient (Wildman–Crippen LogP) is 2.58. The summed E-state index contributed by atoms with van der Waals surface area (Å²) in [5.41, 5.74) is 1.46. The van der Waals surface area contributed by atoms with Crippen LogP contribution in [0.1, 0.15) is 12.0 Å². The van der Waals surface area contributed by atoms with E-state index in [4.69, 9.17) is 9.47 Å². The van der Waals surface area contributed by atoms with Gasteiger partial charge in [-0.2, -0.15) is 0 Å². The van der Waals surface area contributed by atoms with Gasteiger partial charge in [0, 0.05) is 24.2 Å². The molecule has 2 aromatic heterocycles. The molecule has 1 aromatic carbocycles. The Labute approximate surface area is 173 Å². The van der Waals surface area contributed by atoms with Gasteiger partial charge in [-0.3, -0.25) is 14.7 Å². The van der Waals surface area contributed by atoms with Gasteiger partial charge in [-0.15, -0.1) is 0 Å². The van der Waals surface area contributed by atoms with Crippen molar-refractivity contribution in [2.24, 2.45) is 0 Å². The third-order valence-corrected chi connectivity index (χ3v) is 6.76. The lowest BCUT2D eigenvalue weighted by Gasteiger charge is -2.32. The number of anilines is 2. The molecule has 2 aliphatic rings. The van der Waals surface area contributed by atoms with E-state index in [1.54, 1.807) is 42.7 Å². The number of carbonyl (C=O) groups excluding carboxylic acids is 1. The van der Waals surface area contributed by atoms with Crippen LogP contribution >= 0.6 is 0 Å². The summed E-state index contributed by atoms with van der Waals surface area (Å²) < 4.78 is 37.9. The number of hydrogen-bond donors (Lipinski definition) is 0. The van der Waals surface area contributed by atoms with Crippen molar-refractivity contribution in [3.05, 3.63) is 72.7 Å². The molecule has 2 aliphatic heterocycles. The Kier molecular flexibility index (Phi) is 4.39. The van der Waals surface area contributed by atoms with Crippen LogP contribution in [0.3, 0.4) is 0 Å². The van der Waals surface area contributed by atoms with Gasteiger partial charge in [0.1, 0.15) is 0 Å². The number of hydrogen-bond acceptors (Lipinski definition) is 7. The SMILES string of the molecule is O=C1N(c2ccncc2)c2ccc(S(=O)(=O)c3ccccn3)cc2C12OCCCO2. The van der Waals surface area contributed by atoms with Gasteiger partial charge in [0.2, 0.25) is 9.84 Å². The zero-order chi connectivity index (χ0) is 20.8. The highest BCUT2D eigenvalue weighted by atomic mass is 32.2. The fourth-order valence-corrected chi connectivity index (χ4v) is 4.92.